The highest BCUT2D eigenvalue weighted by molar-refractivity contribution is 5.39. The Bertz CT molecular complexity index is 417. The van der Waals surface area contributed by atoms with Crippen molar-refractivity contribution in [2.75, 3.05) is 6.61 Å². The first-order chi connectivity index (χ1) is 7.31. The number of ether oxygens (including phenoxy) is 1. The lowest BCUT2D eigenvalue weighted by Gasteiger charge is -2.06. The van der Waals surface area contributed by atoms with Crippen molar-refractivity contribution >= 4 is 6.08 Å². The van der Waals surface area contributed by atoms with E-state index in [2.05, 4.69) is 4.99 Å². The Balaban J connectivity index is 2.98. The molecule has 4 heteroatoms. The van der Waals surface area contributed by atoms with Crippen molar-refractivity contribution < 1.29 is 9.53 Å². The van der Waals surface area contributed by atoms with Gasteiger partial charge in [0.2, 0.25) is 6.08 Å². The average Bonchev–Trinajstić information content (AvgIpc) is 2.27. The summed E-state index contributed by atoms with van der Waals surface area (Å²) in [6.45, 7) is 2.43. The third kappa shape index (κ3) is 2.94. The van der Waals surface area contributed by atoms with E-state index < -0.39 is 6.04 Å². The maximum atomic E-state index is 10.1. The quantitative estimate of drug-likeness (QED) is 0.554. The molecule has 0 aliphatic rings. The minimum Gasteiger partial charge on any atom is -0.494 e. The lowest BCUT2D eigenvalue weighted by Crippen LogP contribution is -1.95. The molecule has 0 saturated carbocycles. The summed E-state index contributed by atoms with van der Waals surface area (Å²) in [6.07, 6.45) is 1.38. The van der Waals surface area contributed by atoms with Crippen molar-refractivity contribution in [1.29, 1.82) is 5.26 Å². The molecule has 0 heterocycles. The van der Waals surface area contributed by atoms with Crippen LogP contribution in [-0.4, -0.2) is 12.7 Å². The number of nitriles is 1. The monoisotopic (exact) mass is 202 g/mol. The van der Waals surface area contributed by atoms with Gasteiger partial charge in [0, 0.05) is 0 Å². The van der Waals surface area contributed by atoms with Crippen LogP contribution < -0.4 is 4.74 Å². The smallest absolute Gasteiger partial charge is 0.236 e. The summed E-state index contributed by atoms with van der Waals surface area (Å²) < 4.78 is 5.27. The van der Waals surface area contributed by atoms with Crippen LogP contribution in [0.5, 0.6) is 5.75 Å². The normalized spacial score (nSPS) is 10.9. The molecule has 1 unspecified atom stereocenters. The highest BCUT2D eigenvalue weighted by Crippen LogP contribution is 2.21. The first-order valence-corrected chi connectivity index (χ1v) is 4.51. The van der Waals surface area contributed by atoms with Gasteiger partial charge < -0.3 is 4.74 Å². The Kier molecular flexibility index (Phi) is 4.08. The lowest BCUT2D eigenvalue weighted by molar-refractivity contribution is 0.340. The zero-order valence-corrected chi connectivity index (χ0v) is 8.30. The summed E-state index contributed by atoms with van der Waals surface area (Å²) in [4.78, 5) is 13.5. The number of isocyanates is 1. The van der Waals surface area contributed by atoms with Crippen LogP contribution in [0.4, 0.5) is 0 Å². The summed E-state index contributed by atoms with van der Waals surface area (Å²) in [6, 6.07) is 8.05. The van der Waals surface area contributed by atoms with Crippen LogP contribution in [0.15, 0.2) is 29.3 Å². The Morgan fingerprint density at radius 1 is 1.60 bits per heavy atom. The topological polar surface area (TPSA) is 62.4 Å². The number of aliphatic imine (C=N–C) groups is 1. The standard InChI is InChI=1S/C11H10N2O2/c1-2-15-10-5-3-4-9(6-10)11(7-12)13-8-14/h3-6,11H,2H2,1H3. The van der Waals surface area contributed by atoms with Gasteiger partial charge in [-0.2, -0.15) is 10.3 Å². The van der Waals surface area contributed by atoms with Gasteiger partial charge in [-0.3, -0.25) is 0 Å². The van der Waals surface area contributed by atoms with Crippen LogP contribution in [0, 0.1) is 11.3 Å². The van der Waals surface area contributed by atoms with E-state index in [9.17, 15) is 4.79 Å². The molecular weight excluding hydrogens is 192 g/mol. The number of nitrogens with zero attached hydrogens (tertiary/aromatic N) is 2. The minimum absolute atomic E-state index is 0.553. The van der Waals surface area contributed by atoms with Crippen LogP contribution in [0.1, 0.15) is 18.5 Å². The van der Waals surface area contributed by atoms with E-state index in [1.165, 1.54) is 6.08 Å². The second-order valence-corrected chi connectivity index (χ2v) is 2.76. The fourth-order valence-corrected chi connectivity index (χ4v) is 1.17. The van der Waals surface area contributed by atoms with Gasteiger partial charge in [-0.15, -0.1) is 0 Å². The zero-order valence-electron chi connectivity index (χ0n) is 8.30. The summed E-state index contributed by atoms with van der Waals surface area (Å²) >= 11 is 0. The molecule has 1 rings (SSSR count). The van der Waals surface area contributed by atoms with Crippen molar-refractivity contribution in [1.82, 2.24) is 0 Å². The number of rotatable bonds is 4. The molecule has 4 nitrogen and oxygen atoms in total. The molecule has 76 valence electrons. The Morgan fingerprint density at radius 2 is 2.40 bits per heavy atom. The molecular formula is C11H10N2O2. The van der Waals surface area contributed by atoms with Gasteiger partial charge in [-0.1, -0.05) is 12.1 Å². The Hall–Kier alpha value is -2.11. The number of carbonyl (C=O) groups excluding carboxylic acids is 1. The van der Waals surface area contributed by atoms with E-state index in [-0.39, 0.29) is 0 Å². The van der Waals surface area contributed by atoms with Crippen molar-refractivity contribution in [2.45, 2.75) is 13.0 Å². The van der Waals surface area contributed by atoms with Gasteiger partial charge >= 0.3 is 0 Å². The van der Waals surface area contributed by atoms with E-state index in [4.69, 9.17) is 10.00 Å². The molecule has 1 aromatic rings. The fraction of sp³-hybridized carbons (Fsp3) is 0.273. The molecule has 0 amide bonds. The minimum atomic E-state index is -0.803. The predicted molar refractivity (Wildman–Crippen MR) is 54.1 cm³/mol. The molecule has 15 heavy (non-hydrogen) atoms. The number of hydrogen-bond acceptors (Lipinski definition) is 4. The van der Waals surface area contributed by atoms with Crippen LogP contribution in [0.2, 0.25) is 0 Å². The highest BCUT2D eigenvalue weighted by atomic mass is 16.5. The van der Waals surface area contributed by atoms with Crippen molar-refractivity contribution in [3.8, 4) is 11.8 Å². The predicted octanol–water partition coefficient (Wildman–Crippen LogP) is 1.99. The average molecular weight is 202 g/mol. The van der Waals surface area contributed by atoms with Crippen LogP contribution in [0.3, 0.4) is 0 Å². The third-order valence-corrected chi connectivity index (χ3v) is 1.79. The first kappa shape index (κ1) is 11.0. The summed E-state index contributed by atoms with van der Waals surface area (Å²) in [5.74, 6) is 0.663. The van der Waals surface area contributed by atoms with Gasteiger partial charge in [0.15, 0.2) is 6.04 Å². The molecule has 0 radical (unpaired) electrons. The highest BCUT2D eigenvalue weighted by Gasteiger charge is 2.08. The maximum Gasteiger partial charge on any atom is 0.236 e. The van der Waals surface area contributed by atoms with Crippen molar-refractivity contribution in [2.24, 2.45) is 4.99 Å². The fourth-order valence-electron chi connectivity index (χ4n) is 1.17. The van der Waals surface area contributed by atoms with Gasteiger partial charge in [-0.25, -0.2) is 4.79 Å². The maximum absolute atomic E-state index is 10.1. The zero-order chi connectivity index (χ0) is 11.1. The second kappa shape index (κ2) is 5.58. The van der Waals surface area contributed by atoms with E-state index in [0.717, 1.165) is 0 Å². The van der Waals surface area contributed by atoms with Crippen molar-refractivity contribution in [3.05, 3.63) is 29.8 Å². The van der Waals surface area contributed by atoms with Crippen LogP contribution in [0.25, 0.3) is 0 Å². The summed E-state index contributed by atoms with van der Waals surface area (Å²) in [5, 5.41) is 8.77. The van der Waals surface area contributed by atoms with Gasteiger partial charge in [-0.05, 0) is 24.6 Å². The molecule has 0 spiro atoms. The molecule has 1 atom stereocenters. The Labute approximate surface area is 87.8 Å². The van der Waals surface area contributed by atoms with E-state index >= 15 is 0 Å². The van der Waals surface area contributed by atoms with Crippen LogP contribution in [-0.2, 0) is 4.79 Å². The SMILES string of the molecule is CCOc1cccc(C(C#N)N=C=O)c1. The van der Waals surface area contributed by atoms with Gasteiger partial charge in [0.05, 0.1) is 12.7 Å². The largest absolute Gasteiger partial charge is 0.494 e. The van der Waals surface area contributed by atoms with Gasteiger partial charge in [0.1, 0.15) is 5.75 Å². The second-order valence-electron chi connectivity index (χ2n) is 2.76. The Morgan fingerprint density at radius 3 is 3.00 bits per heavy atom. The lowest BCUT2D eigenvalue weighted by atomic mass is 10.1. The van der Waals surface area contributed by atoms with Crippen LogP contribution >= 0.6 is 0 Å². The van der Waals surface area contributed by atoms with Gasteiger partial charge in [0.25, 0.3) is 0 Å². The molecule has 0 aromatic heterocycles. The van der Waals surface area contributed by atoms with E-state index in [1.807, 2.05) is 13.0 Å². The summed E-state index contributed by atoms with van der Waals surface area (Å²) in [7, 11) is 0. The molecule has 0 aliphatic carbocycles. The van der Waals surface area contributed by atoms with E-state index in [0.29, 0.717) is 17.9 Å². The third-order valence-electron chi connectivity index (χ3n) is 1.79. The molecule has 0 fully saturated rings. The van der Waals surface area contributed by atoms with E-state index in [1.54, 1.807) is 24.3 Å². The van der Waals surface area contributed by atoms with Crippen molar-refractivity contribution in [3.63, 3.8) is 0 Å². The molecule has 0 bridgehead atoms. The molecule has 0 aliphatic heterocycles. The summed E-state index contributed by atoms with van der Waals surface area (Å²) in [5.41, 5.74) is 0.631. The molecule has 0 N–H and O–H groups in total. The molecule has 1 aromatic carbocycles. The molecule has 0 saturated heterocycles. The number of benzene rings is 1. The number of hydrogen-bond donors (Lipinski definition) is 0. The first-order valence-electron chi connectivity index (χ1n) is 4.51.